The van der Waals surface area contributed by atoms with Crippen LogP contribution in [0.5, 0.6) is 0 Å². The van der Waals surface area contributed by atoms with Gasteiger partial charge in [0.1, 0.15) is 8.07 Å². The van der Waals surface area contributed by atoms with Gasteiger partial charge in [-0.2, -0.15) is 0 Å². The minimum absolute atomic E-state index is 0.690. The van der Waals surface area contributed by atoms with Gasteiger partial charge in [-0.15, -0.1) is 5.54 Å². The van der Waals surface area contributed by atoms with Crippen molar-refractivity contribution in [3.05, 3.63) is 41.7 Å². The predicted octanol–water partition coefficient (Wildman–Crippen LogP) is 3.68. The Morgan fingerprint density at radius 2 is 2.00 bits per heavy atom. The van der Waals surface area contributed by atoms with Crippen LogP contribution in [0.3, 0.4) is 0 Å². The summed E-state index contributed by atoms with van der Waals surface area (Å²) in [7, 11) is -1.40. The van der Waals surface area contributed by atoms with Gasteiger partial charge in [0.15, 0.2) is 5.82 Å². The standard InChI is InChI=1S/C17H21N3Si/c1-13-12-20(17(19-13)9-10-21(2,3)4)15-7-8-16(18-11-15)14-5-6-14/h7-8,11-12,14H,5-6H2,1-4H3. The Kier molecular flexibility index (Phi) is 3.46. The third-order valence-corrected chi connectivity index (χ3v) is 4.30. The van der Waals surface area contributed by atoms with Gasteiger partial charge in [-0.3, -0.25) is 9.55 Å². The van der Waals surface area contributed by atoms with E-state index in [9.17, 15) is 0 Å². The van der Waals surface area contributed by atoms with Crippen molar-refractivity contribution in [3.63, 3.8) is 0 Å². The van der Waals surface area contributed by atoms with Crippen LogP contribution < -0.4 is 0 Å². The molecule has 0 unspecified atom stereocenters. The summed E-state index contributed by atoms with van der Waals surface area (Å²) in [6.45, 7) is 8.73. The topological polar surface area (TPSA) is 30.7 Å². The van der Waals surface area contributed by atoms with Crippen LogP contribution in [0.25, 0.3) is 5.69 Å². The first kappa shape index (κ1) is 14.1. The van der Waals surface area contributed by atoms with Crippen LogP contribution in [0, 0.1) is 18.4 Å². The maximum absolute atomic E-state index is 4.59. The first-order valence-electron chi connectivity index (χ1n) is 7.48. The largest absolute Gasteiger partial charge is 0.291 e. The average molecular weight is 295 g/mol. The molecule has 0 saturated heterocycles. The summed E-state index contributed by atoms with van der Waals surface area (Å²) < 4.78 is 2.05. The van der Waals surface area contributed by atoms with Crippen LogP contribution >= 0.6 is 0 Å². The van der Waals surface area contributed by atoms with Gasteiger partial charge in [0, 0.05) is 17.8 Å². The molecular formula is C17H21N3Si. The molecule has 0 bridgehead atoms. The second kappa shape index (κ2) is 5.16. The van der Waals surface area contributed by atoms with Gasteiger partial charge >= 0.3 is 0 Å². The van der Waals surface area contributed by atoms with Crippen molar-refractivity contribution in [2.75, 3.05) is 0 Å². The molecule has 0 radical (unpaired) electrons. The maximum atomic E-state index is 4.59. The molecule has 3 nitrogen and oxygen atoms in total. The zero-order valence-corrected chi connectivity index (χ0v) is 14.1. The molecule has 2 heterocycles. The molecule has 1 aliphatic carbocycles. The van der Waals surface area contributed by atoms with Crippen LogP contribution in [0.1, 0.15) is 36.0 Å². The molecule has 0 amide bonds. The number of hydrogen-bond donors (Lipinski definition) is 0. The third-order valence-electron chi connectivity index (χ3n) is 3.42. The van der Waals surface area contributed by atoms with Crippen molar-refractivity contribution < 1.29 is 0 Å². The molecule has 1 saturated carbocycles. The number of pyridine rings is 1. The van der Waals surface area contributed by atoms with Crippen LogP contribution in [-0.2, 0) is 0 Å². The van der Waals surface area contributed by atoms with E-state index in [2.05, 4.69) is 53.2 Å². The fourth-order valence-corrected chi connectivity index (χ4v) is 2.67. The Hall–Kier alpha value is -1.86. The van der Waals surface area contributed by atoms with E-state index in [1.165, 1.54) is 18.5 Å². The smallest absolute Gasteiger partial charge is 0.189 e. The zero-order valence-electron chi connectivity index (χ0n) is 13.1. The molecule has 3 rings (SSSR count). The van der Waals surface area contributed by atoms with Gasteiger partial charge in [-0.1, -0.05) is 19.6 Å². The molecule has 1 aliphatic rings. The van der Waals surface area contributed by atoms with Crippen LogP contribution in [0.4, 0.5) is 0 Å². The lowest BCUT2D eigenvalue weighted by molar-refractivity contribution is 0.973. The lowest BCUT2D eigenvalue weighted by Crippen LogP contribution is -2.16. The lowest BCUT2D eigenvalue weighted by atomic mass is 10.2. The van der Waals surface area contributed by atoms with Crippen molar-refractivity contribution in [3.8, 4) is 17.2 Å². The molecule has 0 atom stereocenters. The number of aromatic nitrogens is 3. The second-order valence-electron chi connectivity index (χ2n) is 6.79. The van der Waals surface area contributed by atoms with Crippen LogP contribution in [-0.4, -0.2) is 22.6 Å². The SMILES string of the molecule is Cc1cn(-c2ccc(C3CC3)nc2)c(C#C[Si](C)(C)C)n1. The molecule has 4 heteroatoms. The molecule has 0 aliphatic heterocycles. The number of imidazole rings is 1. The Bertz CT molecular complexity index is 707. The van der Waals surface area contributed by atoms with Crippen molar-refractivity contribution in [2.45, 2.75) is 45.3 Å². The summed E-state index contributed by atoms with van der Waals surface area (Å²) in [5, 5.41) is 0. The van der Waals surface area contributed by atoms with E-state index in [0.29, 0.717) is 5.92 Å². The fourth-order valence-electron chi connectivity index (χ4n) is 2.19. The highest BCUT2D eigenvalue weighted by molar-refractivity contribution is 6.83. The number of hydrogen-bond acceptors (Lipinski definition) is 2. The Morgan fingerprint density at radius 3 is 2.57 bits per heavy atom. The van der Waals surface area contributed by atoms with Gasteiger partial charge in [-0.05, 0) is 37.8 Å². The normalized spacial score (nSPS) is 14.7. The summed E-state index contributed by atoms with van der Waals surface area (Å²) in [4.78, 5) is 9.13. The number of nitrogens with zero attached hydrogens (tertiary/aromatic N) is 3. The van der Waals surface area contributed by atoms with Crippen LogP contribution in [0.2, 0.25) is 19.6 Å². The van der Waals surface area contributed by atoms with Crippen molar-refractivity contribution in [1.29, 1.82) is 0 Å². The van der Waals surface area contributed by atoms with E-state index in [4.69, 9.17) is 0 Å². The highest BCUT2D eigenvalue weighted by Gasteiger charge is 2.24. The van der Waals surface area contributed by atoms with E-state index in [1.54, 1.807) is 0 Å². The summed E-state index contributed by atoms with van der Waals surface area (Å²) in [5.41, 5.74) is 6.63. The third kappa shape index (κ3) is 3.42. The molecule has 108 valence electrons. The zero-order chi connectivity index (χ0) is 15.0. The molecular weight excluding hydrogens is 274 g/mol. The number of rotatable bonds is 2. The molecule has 0 aromatic carbocycles. The Morgan fingerprint density at radius 1 is 1.24 bits per heavy atom. The van der Waals surface area contributed by atoms with E-state index in [-0.39, 0.29) is 0 Å². The first-order valence-corrected chi connectivity index (χ1v) is 11.0. The highest BCUT2D eigenvalue weighted by atomic mass is 28.3. The molecule has 1 fully saturated rings. The van der Waals surface area contributed by atoms with Gasteiger partial charge in [-0.25, -0.2) is 4.98 Å². The molecule has 0 N–H and O–H groups in total. The van der Waals surface area contributed by atoms with E-state index >= 15 is 0 Å². The lowest BCUT2D eigenvalue weighted by Gasteiger charge is -2.06. The predicted molar refractivity (Wildman–Crippen MR) is 88.3 cm³/mol. The quantitative estimate of drug-likeness (QED) is 0.625. The fraction of sp³-hybridized carbons (Fsp3) is 0.412. The van der Waals surface area contributed by atoms with E-state index in [1.807, 2.05) is 23.9 Å². The van der Waals surface area contributed by atoms with Crippen molar-refractivity contribution in [1.82, 2.24) is 14.5 Å². The summed E-state index contributed by atoms with van der Waals surface area (Å²) in [6.07, 6.45) is 6.53. The molecule has 2 aromatic rings. The minimum Gasteiger partial charge on any atom is -0.291 e. The van der Waals surface area contributed by atoms with Crippen molar-refractivity contribution in [2.24, 2.45) is 0 Å². The van der Waals surface area contributed by atoms with Gasteiger partial charge in [0.2, 0.25) is 0 Å². The van der Waals surface area contributed by atoms with Gasteiger partial charge in [0.05, 0.1) is 17.6 Å². The highest BCUT2D eigenvalue weighted by Crippen LogP contribution is 2.38. The maximum Gasteiger partial charge on any atom is 0.189 e. The molecule has 2 aromatic heterocycles. The van der Waals surface area contributed by atoms with Crippen LogP contribution in [0.15, 0.2) is 24.5 Å². The van der Waals surface area contributed by atoms with E-state index in [0.717, 1.165) is 17.2 Å². The second-order valence-corrected chi connectivity index (χ2v) is 11.5. The Labute approximate surface area is 127 Å². The van der Waals surface area contributed by atoms with Crippen molar-refractivity contribution >= 4 is 8.07 Å². The monoisotopic (exact) mass is 295 g/mol. The first-order chi connectivity index (χ1) is 9.92. The summed E-state index contributed by atoms with van der Waals surface area (Å²) in [5.74, 6) is 4.76. The summed E-state index contributed by atoms with van der Waals surface area (Å²) in [6, 6.07) is 4.26. The Balaban J connectivity index is 1.95. The molecule has 21 heavy (non-hydrogen) atoms. The van der Waals surface area contributed by atoms with Gasteiger partial charge < -0.3 is 0 Å². The van der Waals surface area contributed by atoms with E-state index < -0.39 is 8.07 Å². The average Bonchev–Trinajstić information content (AvgIpc) is 3.19. The van der Waals surface area contributed by atoms with Gasteiger partial charge in [0.25, 0.3) is 0 Å². The number of aryl methyl sites for hydroxylation is 1. The summed E-state index contributed by atoms with van der Waals surface area (Å²) >= 11 is 0. The molecule has 0 spiro atoms. The minimum atomic E-state index is -1.40.